The summed E-state index contributed by atoms with van der Waals surface area (Å²) in [6.45, 7) is 5.69. The fourth-order valence-electron chi connectivity index (χ4n) is 7.92. The Hall–Kier alpha value is -1.86. The molecule has 62 heavy (non-hydrogen) atoms. The van der Waals surface area contributed by atoms with Crippen LogP contribution in [0.4, 0.5) is 0 Å². The molecule has 11 nitrogen and oxygen atoms in total. The number of aliphatic hydroxyl groups excluding tert-OH is 5. The molecule has 0 spiro atoms. The van der Waals surface area contributed by atoms with Gasteiger partial charge in [-0.3, -0.25) is 9.59 Å². The topological polar surface area (TPSA) is 175 Å². The first kappa shape index (κ1) is 58.2. The summed E-state index contributed by atoms with van der Waals surface area (Å²) in [6, 6.07) is -1.02. The Morgan fingerprint density at radius 3 is 1.61 bits per heavy atom. The van der Waals surface area contributed by atoms with E-state index in [1.807, 2.05) is 6.08 Å². The number of carbonyl (C=O) groups is 2. The van der Waals surface area contributed by atoms with Crippen molar-refractivity contribution in [2.75, 3.05) is 13.2 Å². The van der Waals surface area contributed by atoms with Gasteiger partial charge in [-0.25, -0.2) is 0 Å². The van der Waals surface area contributed by atoms with E-state index in [2.05, 4.69) is 38.2 Å². The maximum absolute atomic E-state index is 13.3. The number of hydrogen-bond donors (Lipinski definition) is 6. The van der Waals surface area contributed by atoms with Gasteiger partial charge in [0.15, 0.2) is 12.4 Å². The van der Waals surface area contributed by atoms with Gasteiger partial charge in [-0.05, 0) is 44.9 Å². The van der Waals surface area contributed by atoms with Crippen molar-refractivity contribution in [1.82, 2.24) is 5.32 Å². The molecule has 0 aromatic carbocycles. The van der Waals surface area contributed by atoms with Gasteiger partial charge in [-0.1, -0.05) is 199 Å². The molecule has 0 saturated carbocycles. The summed E-state index contributed by atoms with van der Waals surface area (Å²) in [5, 5.41) is 56.4. The summed E-state index contributed by atoms with van der Waals surface area (Å²) in [5.41, 5.74) is 0. The molecule has 0 aromatic rings. The number of rotatable bonds is 42. The standard InChI is InChI=1S/C51H95NO10/c1-4-7-10-13-16-19-22-24-26-28-31-34-37-43(54)42(52-50(59)44(55)38-35-32-29-25-21-18-15-12-9-6-3)41-60-51-49(48(58)47(57)45(40-53)61-51)62-46(56)39-36-33-30-27-23-20-17-14-11-8-5-2/h15,18,34,37,42-45,47-49,51,53-55,57-58H,4-14,16-17,19-33,35-36,38-41H2,1-3H3,(H,52,59)/b18-15-,37-34+. The minimum atomic E-state index is -1.61. The van der Waals surface area contributed by atoms with Crippen molar-refractivity contribution < 1.29 is 49.3 Å². The highest BCUT2D eigenvalue weighted by Gasteiger charge is 2.47. The van der Waals surface area contributed by atoms with Crippen LogP contribution in [0, 0.1) is 0 Å². The number of esters is 1. The third kappa shape index (κ3) is 29.6. The second kappa shape index (κ2) is 40.6. The van der Waals surface area contributed by atoms with Crippen LogP contribution in [0.2, 0.25) is 0 Å². The number of carbonyl (C=O) groups excluding carboxylic acids is 2. The Balaban J connectivity index is 2.81. The molecule has 0 bridgehead atoms. The van der Waals surface area contributed by atoms with Crippen molar-refractivity contribution in [2.24, 2.45) is 0 Å². The smallest absolute Gasteiger partial charge is 0.306 e. The first-order valence-electron chi connectivity index (χ1n) is 25.6. The lowest BCUT2D eigenvalue weighted by atomic mass is 9.99. The lowest BCUT2D eigenvalue weighted by Crippen LogP contribution is -2.61. The van der Waals surface area contributed by atoms with Crippen LogP contribution < -0.4 is 5.32 Å². The van der Waals surface area contributed by atoms with E-state index in [4.69, 9.17) is 14.2 Å². The average Bonchev–Trinajstić information content (AvgIpc) is 3.27. The second-order valence-electron chi connectivity index (χ2n) is 17.9. The van der Waals surface area contributed by atoms with Gasteiger partial charge in [0, 0.05) is 6.42 Å². The highest BCUT2D eigenvalue weighted by atomic mass is 16.7. The van der Waals surface area contributed by atoms with E-state index < -0.39 is 67.4 Å². The van der Waals surface area contributed by atoms with Crippen LogP contribution in [0.5, 0.6) is 0 Å². The fourth-order valence-corrected chi connectivity index (χ4v) is 7.92. The van der Waals surface area contributed by atoms with Crippen molar-refractivity contribution in [3.63, 3.8) is 0 Å². The number of unbranched alkanes of at least 4 members (excludes halogenated alkanes) is 26. The highest BCUT2D eigenvalue weighted by molar-refractivity contribution is 5.80. The molecule has 1 rings (SSSR count). The predicted molar refractivity (Wildman–Crippen MR) is 251 cm³/mol. The molecule has 0 aliphatic carbocycles. The summed E-state index contributed by atoms with van der Waals surface area (Å²) in [7, 11) is 0. The minimum absolute atomic E-state index is 0.127. The van der Waals surface area contributed by atoms with Crippen molar-refractivity contribution in [1.29, 1.82) is 0 Å². The van der Waals surface area contributed by atoms with Gasteiger partial charge in [0.05, 0.1) is 25.4 Å². The summed E-state index contributed by atoms with van der Waals surface area (Å²) < 4.78 is 17.5. The molecule has 1 aliphatic heterocycles. The van der Waals surface area contributed by atoms with Crippen LogP contribution in [0.15, 0.2) is 24.3 Å². The Bertz CT molecular complexity index is 1100. The van der Waals surface area contributed by atoms with Gasteiger partial charge in [0.2, 0.25) is 5.91 Å². The van der Waals surface area contributed by atoms with Crippen molar-refractivity contribution in [3.05, 3.63) is 24.3 Å². The number of hydrogen-bond acceptors (Lipinski definition) is 10. The van der Waals surface area contributed by atoms with Crippen LogP contribution >= 0.6 is 0 Å². The zero-order chi connectivity index (χ0) is 45.5. The number of aliphatic hydroxyl groups is 5. The molecule has 8 atom stereocenters. The van der Waals surface area contributed by atoms with E-state index >= 15 is 0 Å². The third-order valence-corrected chi connectivity index (χ3v) is 12.1. The van der Waals surface area contributed by atoms with Gasteiger partial charge in [-0.2, -0.15) is 0 Å². The molecule has 1 amide bonds. The molecule has 364 valence electrons. The summed E-state index contributed by atoms with van der Waals surface area (Å²) in [4.78, 5) is 26.2. The first-order chi connectivity index (χ1) is 30.2. The molecule has 1 saturated heterocycles. The van der Waals surface area contributed by atoms with Crippen LogP contribution in [-0.2, 0) is 23.8 Å². The van der Waals surface area contributed by atoms with Crippen molar-refractivity contribution in [3.8, 4) is 0 Å². The number of ether oxygens (including phenoxy) is 3. The zero-order valence-electron chi connectivity index (χ0n) is 39.7. The Morgan fingerprint density at radius 2 is 1.08 bits per heavy atom. The van der Waals surface area contributed by atoms with Gasteiger partial charge in [0.25, 0.3) is 0 Å². The number of amides is 1. The van der Waals surface area contributed by atoms with E-state index in [0.29, 0.717) is 12.8 Å². The number of nitrogens with one attached hydrogen (secondary N) is 1. The van der Waals surface area contributed by atoms with Crippen LogP contribution in [0.3, 0.4) is 0 Å². The first-order valence-corrected chi connectivity index (χ1v) is 25.6. The van der Waals surface area contributed by atoms with Gasteiger partial charge >= 0.3 is 5.97 Å². The Kier molecular flexibility index (Phi) is 38.1. The van der Waals surface area contributed by atoms with Gasteiger partial charge in [-0.15, -0.1) is 0 Å². The maximum Gasteiger partial charge on any atom is 0.306 e. The molecule has 6 N–H and O–H groups in total. The normalized spacial score (nSPS) is 20.8. The zero-order valence-corrected chi connectivity index (χ0v) is 39.7. The maximum atomic E-state index is 13.3. The molecule has 0 radical (unpaired) electrons. The van der Waals surface area contributed by atoms with E-state index in [-0.39, 0.29) is 19.4 Å². The Morgan fingerprint density at radius 1 is 0.613 bits per heavy atom. The number of allylic oxidation sites excluding steroid dienone is 3. The van der Waals surface area contributed by atoms with E-state index in [1.165, 1.54) is 109 Å². The van der Waals surface area contributed by atoms with Crippen molar-refractivity contribution >= 4 is 11.9 Å². The van der Waals surface area contributed by atoms with E-state index in [9.17, 15) is 35.1 Å². The van der Waals surface area contributed by atoms with Crippen LogP contribution in [0.1, 0.15) is 226 Å². The molecule has 1 heterocycles. The lowest BCUT2D eigenvalue weighted by Gasteiger charge is -2.41. The van der Waals surface area contributed by atoms with Gasteiger partial charge < -0.3 is 45.1 Å². The molecule has 1 fully saturated rings. The highest BCUT2D eigenvalue weighted by Crippen LogP contribution is 2.26. The SMILES string of the molecule is CCCC/C=C\CCCCCCC(O)C(=O)NC(COC1OC(CO)C(O)C(O)C1OC(=O)CCCCCCCCCCCCC)C(O)/C=C/CCCCCCCCCCCC. The average molecular weight is 882 g/mol. The largest absolute Gasteiger partial charge is 0.454 e. The third-order valence-electron chi connectivity index (χ3n) is 12.1. The fraction of sp³-hybridized carbons (Fsp3) is 0.882. The minimum Gasteiger partial charge on any atom is -0.454 e. The molecular weight excluding hydrogens is 787 g/mol. The van der Waals surface area contributed by atoms with E-state index in [1.54, 1.807) is 6.08 Å². The van der Waals surface area contributed by atoms with Crippen molar-refractivity contribution in [2.45, 2.75) is 275 Å². The van der Waals surface area contributed by atoms with Gasteiger partial charge in [0.1, 0.15) is 24.4 Å². The summed E-state index contributed by atoms with van der Waals surface area (Å²) in [5.74, 6) is -1.20. The molecule has 0 aromatic heterocycles. The summed E-state index contributed by atoms with van der Waals surface area (Å²) in [6.07, 6.45) is 32.4. The van der Waals surface area contributed by atoms with E-state index in [0.717, 1.165) is 70.6 Å². The predicted octanol–water partition coefficient (Wildman–Crippen LogP) is 10.2. The van der Waals surface area contributed by atoms with Crippen LogP contribution in [-0.4, -0.2) is 99.6 Å². The summed E-state index contributed by atoms with van der Waals surface area (Å²) >= 11 is 0. The molecular formula is C51H95NO10. The second-order valence-corrected chi connectivity index (χ2v) is 17.9. The Labute approximate surface area is 378 Å². The lowest BCUT2D eigenvalue weighted by molar-refractivity contribution is -0.305. The quantitative estimate of drug-likeness (QED) is 0.0197. The molecule has 1 aliphatic rings. The molecule has 11 heteroatoms. The van der Waals surface area contributed by atoms with Crippen LogP contribution in [0.25, 0.3) is 0 Å². The monoisotopic (exact) mass is 882 g/mol. The molecule has 8 unspecified atom stereocenters.